The smallest absolute Gasteiger partial charge is 0.154 e. The molecule has 0 aromatic carbocycles. The van der Waals surface area contributed by atoms with E-state index < -0.39 is 0 Å². The van der Waals surface area contributed by atoms with E-state index in [1.54, 1.807) is 5.57 Å². The van der Waals surface area contributed by atoms with Crippen LogP contribution in [0.4, 0.5) is 0 Å². The van der Waals surface area contributed by atoms with Crippen molar-refractivity contribution in [2.24, 2.45) is 17.3 Å². The van der Waals surface area contributed by atoms with E-state index in [1.165, 1.54) is 18.7 Å². The first-order chi connectivity index (χ1) is 12.6. The zero-order chi connectivity index (χ0) is 17.7. The van der Waals surface area contributed by atoms with Crippen LogP contribution in [0.25, 0.3) is 0 Å². The lowest BCUT2D eigenvalue weighted by Gasteiger charge is -2.57. The van der Waals surface area contributed by atoms with Gasteiger partial charge < -0.3 is 4.74 Å². The first kappa shape index (κ1) is 16.9. The van der Waals surface area contributed by atoms with Crippen LogP contribution >= 0.6 is 0 Å². The molecule has 0 N–H and O–H groups in total. The van der Waals surface area contributed by atoms with Gasteiger partial charge in [0.25, 0.3) is 0 Å². The van der Waals surface area contributed by atoms with Gasteiger partial charge in [-0.2, -0.15) is 5.10 Å². The van der Waals surface area contributed by atoms with Crippen LogP contribution in [-0.2, 0) is 17.7 Å². The second-order valence-corrected chi connectivity index (χ2v) is 9.34. The lowest BCUT2D eigenvalue weighted by atomic mass is 9.49. The molecular weight excluding hydrogens is 324 g/mol. The normalized spacial score (nSPS) is 31.7. The summed E-state index contributed by atoms with van der Waals surface area (Å²) in [5.74, 6) is 4.50. The molecule has 0 unspecified atom stereocenters. The number of hydrogen-bond donors (Lipinski definition) is 0. The van der Waals surface area contributed by atoms with Gasteiger partial charge in [0.05, 0.1) is 6.54 Å². The number of allylic oxidation sites excluding steroid dienone is 1. The Kier molecular flexibility index (Phi) is 4.20. The zero-order valence-corrected chi connectivity index (χ0v) is 16.3. The molecule has 142 valence electrons. The second-order valence-electron chi connectivity index (χ2n) is 9.34. The van der Waals surface area contributed by atoms with E-state index >= 15 is 0 Å². The summed E-state index contributed by atoms with van der Waals surface area (Å²) in [4.78, 5) is 7.55. The van der Waals surface area contributed by atoms with Crippen LogP contribution in [0, 0.1) is 17.3 Å². The van der Waals surface area contributed by atoms with Gasteiger partial charge in [-0.1, -0.05) is 25.5 Å². The standard InChI is InChI=1S/C21H32N4O/c1-21(2)17-4-3-16(18(21)13-17)14-24-8-5-19-22-20(23-25(19)10-9-24)15-6-11-26-12-7-15/h3,15,17-18H,4-14H2,1-2H3/t17-,18-/m0/s1. The van der Waals surface area contributed by atoms with E-state index in [9.17, 15) is 0 Å². The fourth-order valence-corrected chi connectivity index (χ4v) is 5.56. The molecule has 2 aliphatic heterocycles. The monoisotopic (exact) mass is 356 g/mol. The van der Waals surface area contributed by atoms with Crippen molar-refractivity contribution in [2.45, 2.75) is 58.4 Å². The lowest BCUT2D eigenvalue weighted by Crippen LogP contribution is -2.50. The Labute approximate surface area is 156 Å². The number of hydrogen-bond acceptors (Lipinski definition) is 4. The molecule has 3 heterocycles. The van der Waals surface area contributed by atoms with Crippen molar-refractivity contribution >= 4 is 0 Å². The molecule has 0 spiro atoms. The molecule has 2 fully saturated rings. The van der Waals surface area contributed by atoms with Gasteiger partial charge in [0, 0.05) is 45.2 Å². The van der Waals surface area contributed by atoms with Crippen molar-refractivity contribution in [3.8, 4) is 0 Å². The van der Waals surface area contributed by atoms with Crippen LogP contribution in [0.3, 0.4) is 0 Å². The third-order valence-electron chi connectivity index (χ3n) is 7.62. The molecule has 6 rings (SSSR count). The second kappa shape index (κ2) is 6.45. The Bertz CT molecular complexity index is 675. The zero-order valence-electron chi connectivity index (χ0n) is 16.3. The van der Waals surface area contributed by atoms with Gasteiger partial charge in [-0.25, -0.2) is 9.67 Å². The van der Waals surface area contributed by atoms with Gasteiger partial charge in [0.2, 0.25) is 0 Å². The van der Waals surface area contributed by atoms with E-state index in [2.05, 4.69) is 29.5 Å². The quantitative estimate of drug-likeness (QED) is 0.781. The summed E-state index contributed by atoms with van der Waals surface area (Å²) in [6.45, 7) is 11.0. The summed E-state index contributed by atoms with van der Waals surface area (Å²) >= 11 is 0. The minimum Gasteiger partial charge on any atom is -0.381 e. The van der Waals surface area contributed by atoms with Gasteiger partial charge >= 0.3 is 0 Å². The average Bonchev–Trinajstić information content (AvgIpc) is 2.99. The van der Waals surface area contributed by atoms with Crippen LogP contribution in [0.2, 0.25) is 0 Å². The molecule has 1 saturated heterocycles. The third kappa shape index (κ3) is 2.84. The fourth-order valence-electron chi connectivity index (χ4n) is 5.56. The van der Waals surface area contributed by atoms with Crippen molar-refractivity contribution in [2.75, 3.05) is 32.8 Å². The summed E-state index contributed by atoms with van der Waals surface area (Å²) in [6, 6.07) is 0. The molecule has 1 aromatic rings. The van der Waals surface area contributed by atoms with Crippen LogP contribution in [0.5, 0.6) is 0 Å². The third-order valence-corrected chi connectivity index (χ3v) is 7.62. The number of ether oxygens (including phenoxy) is 1. The largest absolute Gasteiger partial charge is 0.381 e. The van der Waals surface area contributed by atoms with E-state index in [-0.39, 0.29) is 0 Å². The SMILES string of the molecule is CC1(C)[C@H]2CC=C(CN3CCc4nc(C5CCOCC5)nn4CC3)[C@@H]1C2. The highest BCUT2D eigenvalue weighted by Gasteiger charge is 2.51. The summed E-state index contributed by atoms with van der Waals surface area (Å²) < 4.78 is 7.67. The number of fused-ring (bicyclic) bond motifs is 2. The highest BCUT2D eigenvalue weighted by molar-refractivity contribution is 5.24. The number of rotatable bonds is 3. The first-order valence-electron chi connectivity index (χ1n) is 10.5. The topological polar surface area (TPSA) is 43.2 Å². The van der Waals surface area contributed by atoms with E-state index in [0.29, 0.717) is 11.3 Å². The molecule has 5 nitrogen and oxygen atoms in total. The minimum atomic E-state index is 0.500. The highest BCUT2D eigenvalue weighted by Crippen LogP contribution is 2.59. The van der Waals surface area contributed by atoms with E-state index in [4.69, 9.17) is 14.8 Å². The predicted octanol–water partition coefficient (Wildman–Crippen LogP) is 3.02. The molecule has 2 bridgehead atoms. The summed E-state index contributed by atoms with van der Waals surface area (Å²) in [5.41, 5.74) is 2.23. The Morgan fingerprint density at radius 2 is 2.04 bits per heavy atom. The van der Waals surface area contributed by atoms with Gasteiger partial charge in [-0.05, 0) is 42.9 Å². The van der Waals surface area contributed by atoms with Crippen molar-refractivity contribution < 1.29 is 4.74 Å². The van der Waals surface area contributed by atoms with Gasteiger partial charge in [0.15, 0.2) is 5.82 Å². The number of nitrogens with zero attached hydrogens (tertiary/aromatic N) is 4. The summed E-state index contributed by atoms with van der Waals surface area (Å²) in [7, 11) is 0. The van der Waals surface area contributed by atoms with Crippen LogP contribution in [-0.4, -0.2) is 52.5 Å². The Hall–Kier alpha value is -1.20. The predicted molar refractivity (Wildman–Crippen MR) is 101 cm³/mol. The molecule has 1 aromatic heterocycles. The minimum absolute atomic E-state index is 0.500. The van der Waals surface area contributed by atoms with Gasteiger partial charge in [-0.15, -0.1) is 0 Å². The van der Waals surface area contributed by atoms with Crippen molar-refractivity contribution in [1.82, 2.24) is 19.7 Å². The summed E-state index contributed by atoms with van der Waals surface area (Å²) in [5, 5.41) is 4.87. The van der Waals surface area contributed by atoms with Crippen LogP contribution < -0.4 is 0 Å². The Morgan fingerprint density at radius 1 is 1.19 bits per heavy atom. The average molecular weight is 357 g/mol. The molecule has 0 amide bonds. The summed E-state index contributed by atoms with van der Waals surface area (Å²) in [6.07, 6.45) is 8.44. The molecule has 26 heavy (non-hydrogen) atoms. The van der Waals surface area contributed by atoms with E-state index in [0.717, 1.165) is 76.3 Å². The molecule has 3 aliphatic carbocycles. The van der Waals surface area contributed by atoms with E-state index in [1.807, 2.05) is 0 Å². The first-order valence-corrected chi connectivity index (χ1v) is 10.5. The number of aromatic nitrogens is 3. The van der Waals surface area contributed by atoms with Gasteiger partial charge in [0.1, 0.15) is 5.82 Å². The van der Waals surface area contributed by atoms with Gasteiger partial charge in [-0.3, -0.25) is 4.90 Å². The molecule has 0 radical (unpaired) electrons. The maximum Gasteiger partial charge on any atom is 0.154 e. The van der Waals surface area contributed by atoms with Crippen LogP contribution in [0.1, 0.15) is 57.1 Å². The Balaban J connectivity index is 1.22. The molecule has 5 heteroatoms. The maximum atomic E-state index is 5.48. The van der Waals surface area contributed by atoms with Crippen molar-refractivity contribution in [3.05, 3.63) is 23.3 Å². The maximum absolute atomic E-state index is 5.48. The fraction of sp³-hybridized carbons (Fsp3) is 0.810. The molecule has 1 saturated carbocycles. The molecule has 5 aliphatic rings. The van der Waals surface area contributed by atoms with Crippen molar-refractivity contribution in [1.29, 1.82) is 0 Å². The molecule has 2 atom stereocenters. The van der Waals surface area contributed by atoms with Crippen LogP contribution in [0.15, 0.2) is 11.6 Å². The molecular formula is C21H32N4O. The lowest BCUT2D eigenvalue weighted by molar-refractivity contribution is -0.0106. The van der Waals surface area contributed by atoms with Crippen molar-refractivity contribution in [3.63, 3.8) is 0 Å². The Morgan fingerprint density at radius 3 is 2.81 bits per heavy atom. The highest BCUT2D eigenvalue weighted by atomic mass is 16.5.